The van der Waals surface area contributed by atoms with Crippen molar-refractivity contribution in [1.82, 2.24) is 15.2 Å². The molecule has 0 unspecified atom stereocenters. The lowest BCUT2D eigenvalue weighted by Gasteiger charge is -2.20. The van der Waals surface area contributed by atoms with E-state index in [2.05, 4.69) is 10.3 Å². The maximum Gasteiger partial charge on any atom is 0.410 e. The molecule has 1 atom stereocenters. The molecular formula is C17H17N3O3. The molecule has 1 aromatic heterocycles. The average Bonchev–Trinajstić information content (AvgIpc) is 2.95. The molecule has 1 N–H and O–H groups in total. The number of hydrogen-bond acceptors (Lipinski definition) is 4. The van der Waals surface area contributed by atoms with Crippen molar-refractivity contribution < 1.29 is 14.3 Å². The van der Waals surface area contributed by atoms with Gasteiger partial charge in [-0.05, 0) is 23.3 Å². The zero-order valence-corrected chi connectivity index (χ0v) is 12.5. The fourth-order valence-corrected chi connectivity index (χ4v) is 2.43. The molecule has 0 radical (unpaired) electrons. The minimum absolute atomic E-state index is 0.0739. The Kier molecular flexibility index (Phi) is 4.52. The van der Waals surface area contributed by atoms with Crippen molar-refractivity contribution >= 4 is 12.0 Å². The van der Waals surface area contributed by atoms with Gasteiger partial charge in [0.15, 0.2) is 0 Å². The summed E-state index contributed by atoms with van der Waals surface area (Å²) in [5, 5.41) is 2.85. The minimum Gasteiger partial charge on any atom is -0.447 e. The van der Waals surface area contributed by atoms with E-state index in [0.29, 0.717) is 13.1 Å². The molecule has 2 aromatic rings. The van der Waals surface area contributed by atoms with Crippen LogP contribution in [0.4, 0.5) is 4.79 Å². The molecule has 0 bridgehead atoms. The number of cyclic esters (lactones) is 1. The Labute approximate surface area is 134 Å². The third-order valence-corrected chi connectivity index (χ3v) is 3.69. The van der Waals surface area contributed by atoms with Gasteiger partial charge in [0.25, 0.3) is 0 Å². The van der Waals surface area contributed by atoms with E-state index in [4.69, 9.17) is 4.74 Å². The van der Waals surface area contributed by atoms with Crippen molar-refractivity contribution in [2.75, 3.05) is 6.61 Å². The van der Waals surface area contributed by atoms with E-state index < -0.39 is 12.1 Å². The number of benzene rings is 1. The topological polar surface area (TPSA) is 71.5 Å². The van der Waals surface area contributed by atoms with Crippen LogP contribution in [0.3, 0.4) is 0 Å². The number of carbonyl (C=O) groups is 2. The highest BCUT2D eigenvalue weighted by Crippen LogP contribution is 2.16. The highest BCUT2D eigenvalue weighted by atomic mass is 16.6. The smallest absolute Gasteiger partial charge is 0.410 e. The van der Waals surface area contributed by atoms with Gasteiger partial charge in [-0.3, -0.25) is 14.7 Å². The molecule has 1 aromatic carbocycles. The van der Waals surface area contributed by atoms with E-state index in [1.165, 1.54) is 4.90 Å². The maximum atomic E-state index is 12.4. The zero-order chi connectivity index (χ0) is 16.1. The summed E-state index contributed by atoms with van der Waals surface area (Å²) in [6.45, 7) is 0.822. The summed E-state index contributed by atoms with van der Waals surface area (Å²) in [7, 11) is 0. The number of rotatable bonds is 5. The second kappa shape index (κ2) is 6.91. The van der Waals surface area contributed by atoms with Gasteiger partial charge in [-0.15, -0.1) is 0 Å². The Morgan fingerprint density at radius 1 is 1.17 bits per heavy atom. The third kappa shape index (κ3) is 3.66. The predicted octanol–water partition coefficient (Wildman–Crippen LogP) is 1.72. The Balaban J connectivity index is 1.63. The van der Waals surface area contributed by atoms with Crippen LogP contribution >= 0.6 is 0 Å². The Hall–Kier alpha value is -2.89. The number of hydrogen-bond donors (Lipinski definition) is 1. The Bertz CT molecular complexity index is 676. The largest absolute Gasteiger partial charge is 0.447 e. The van der Waals surface area contributed by atoms with Crippen LogP contribution in [0, 0.1) is 0 Å². The second-order valence-electron chi connectivity index (χ2n) is 5.28. The molecule has 118 valence electrons. The fraction of sp³-hybridized carbons (Fsp3) is 0.235. The lowest BCUT2D eigenvalue weighted by Crippen LogP contribution is -2.45. The number of pyridine rings is 1. The number of nitrogens with one attached hydrogen (secondary N) is 1. The molecule has 2 heterocycles. The first-order chi connectivity index (χ1) is 11.2. The molecule has 6 heteroatoms. The van der Waals surface area contributed by atoms with Gasteiger partial charge in [-0.25, -0.2) is 4.79 Å². The summed E-state index contributed by atoms with van der Waals surface area (Å²) in [6, 6.07) is 12.6. The van der Waals surface area contributed by atoms with Crippen LogP contribution in [-0.4, -0.2) is 34.5 Å². The molecule has 1 saturated heterocycles. The number of nitrogens with zero attached hydrogens (tertiary/aromatic N) is 2. The van der Waals surface area contributed by atoms with Crippen molar-refractivity contribution in [3.63, 3.8) is 0 Å². The molecule has 3 rings (SSSR count). The van der Waals surface area contributed by atoms with Gasteiger partial charge < -0.3 is 10.1 Å². The fourth-order valence-electron chi connectivity index (χ4n) is 2.43. The van der Waals surface area contributed by atoms with Crippen molar-refractivity contribution in [2.45, 2.75) is 19.1 Å². The zero-order valence-electron chi connectivity index (χ0n) is 12.5. The Morgan fingerprint density at radius 3 is 2.65 bits per heavy atom. The van der Waals surface area contributed by atoms with E-state index in [-0.39, 0.29) is 12.5 Å². The normalized spacial score (nSPS) is 17.0. The molecule has 1 aliphatic heterocycles. The van der Waals surface area contributed by atoms with Crippen LogP contribution < -0.4 is 5.32 Å². The number of amides is 2. The molecule has 0 aliphatic carbocycles. The van der Waals surface area contributed by atoms with Crippen LogP contribution in [0.25, 0.3) is 0 Å². The molecule has 23 heavy (non-hydrogen) atoms. The van der Waals surface area contributed by atoms with Crippen LogP contribution in [0.5, 0.6) is 0 Å². The Morgan fingerprint density at radius 2 is 1.91 bits per heavy atom. The monoisotopic (exact) mass is 311 g/mol. The first kappa shape index (κ1) is 15.0. The summed E-state index contributed by atoms with van der Waals surface area (Å²) >= 11 is 0. The van der Waals surface area contributed by atoms with Crippen molar-refractivity contribution in [3.8, 4) is 0 Å². The molecule has 0 spiro atoms. The molecule has 0 saturated carbocycles. The van der Waals surface area contributed by atoms with Gasteiger partial charge in [-0.2, -0.15) is 0 Å². The predicted molar refractivity (Wildman–Crippen MR) is 83.2 cm³/mol. The van der Waals surface area contributed by atoms with Gasteiger partial charge >= 0.3 is 6.09 Å². The van der Waals surface area contributed by atoms with Gasteiger partial charge in [0.2, 0.25) is 5.91 Å². The summed E-state index contributed by atoms with van der Waals surface area (Å²) in [5.41, 5.74) is 1.91. The molecular weight excluding hydrogens is 294 g/mol. The van der Waals surface area contributed by atoms with E-state index in [9.17, 15) is 9.59 Å². The van der Waals surface area contributed by atoms with E-state index >= 15 is 0 Å². The van der Waals surface area contributed by atoms with Crippen LogP contribution in [0.2, 0.25) is 0 Å². The number of ether oxygens (including phenoxy) is 1. The second-order valence-corrected chi connectivity index (χ2v) is 5.28. The minimum atomic E-state index is -0.612. The lowest BCUT2D eigenvalue weighted by molar-refractivity contribution is -0.125. The highest BCUT2D eigenvalue weighted by molar-refractivity contribution is 5.87. The average molecular weight is 311 g/mol. The highest BCUT2D eigenvalue weighted by Gasteiger charge is 2.37. The van der Waals surface area contributed by atoms with Gasteiger partial charge in [0.1, 0.15) is 12.6 Å². The lowest BCUT2D eigenvalue weighted by atomic mass is 10.2. The number of carbonyl (C=O) groups excluding carboxylic acids is 2. The van der Waals surface area contributed by atoms with Crippen LogP contribution in [-0.2, 0) is 22.6 Å². The van der Waals surface area contributed by atoms with Crippen LogP contribution in [0.15, 0.2) is 54.9 Å². The first-order valence-corrected chi connectivity index (χ1v) is 7.38. The maximum absolute atomic E-state index is 12.4. The summed E-state index contributed by atoms with van der Waals surface area (Å²) in [5.74, 6) is -0.214. The van der Waals surface area contributed by atoms with Gasteiger partial charge in [-0.1, -0.05) is 30.3 Å². The van der Waals surface area contributed by atoms with Crippen molar-refractivity contribution in [2.24, 2.45) is 0 Å². The molecule has 1 aliphatic rings. The van der Waals surface area contributed by atoms with E-state index in [1.54, 1.807) is 12.4 Å². The third-order valence-electron chi connectivity index (χ3n) is 3.69. The van der Waals surface area contributed by atoms with Gasteiger partial charge in [0.05, 0.1) is 6.54 Å². The molecule has 6 nitrogen and oxygen atoms in total. The number of aromatic nitrogens is 1. The molecule has 2 amide bonds. The van der Waals surface area contributed by atoms with Crippen molar-refractivity contribution in [1.29, 1.82) is 0 Å². The summed E-state index contributed by atoms with van der Waals surface area (Å²) < 4.78 is 5.03. The standard InChI is InChI=1S/C17H17N3O3/c21-16(19-10-13-4-2-1-3-5-13)15-12-23-17(22)20(15)11-14-6-8-18-9-7-14/h1-9,15H,10-12H2,(H,19,21)/t15-/m0/s1. The summed E-state index contributed by atoms with van der Waals surface area (Å²) in [4.78, 5) is 29.6. The van der Waals surface area contributed by atoms with Crippen molar-refractivity contribution in [3.05, 3.63) is 66.0 Å². The molecule has 1 fully saturated rings. The van der Waals surface area contributed by atoms with Gasteiger partial charge in [0, 0.05) is 18.9 Å². The van der Waals surface area contributed by atoms with Crippen LogP contribution in [0.1, 0.15) is 11.1 Å². The van der Waals surface area contributed by atoms with E-state index in [1.807, 2.05) is 42.5 Å². The first-order valence-electron chi connectivity index (χ1n) is 7.38. The quantitative estimate of drug-likeness (QED) is 0.912. The SMILES string of the molecule is O=C(NCc1ccccc1)[C@@H]1COC(=O)N1Cc1ccncc1. The van der Waals surface area contributed by atoms with E-state index in [0.717, 1.165) is 11.1 Å². The summed E-state index contributed by atoms with van der Waals surface area (Å²) in [6.07, 6.45) is 2.84.